The van der Waals surface area contributed by atoms with Crippen molar-refractivity contribution >= 4 is 27.9 Å². The van der Waals surface area contributed by atoms with Crippen molar-refractivity contribution in [2.45, 2.75) is 33.2 Å². The molecule has 4 heteroatoms. The Morgan fingerprint density at radius 3 is 2.86 bits per heavy atom. The van der Waals surface area contributed by atoms with Gasteiger partial charge in [-0.25, -0.2) is 4.98 Å². The SMILES string of the molecule is CCC(C)NC(=O)c1cc2cc3ccc(C)cc3nc2o1. The van der Waals surface area contributed by atoms with Gasteiger partial charge in [0.05, 0.1) is 5.52 Å². The fraction of sp³-hybridized carbons (Fsp3) is 0.294. The standard InChI is InChI=1S/C17H18N2O2/c1-4-11(3)18-16(20)15-9-13-8-12-6-5-10(2)7-14(12)19-17(13)21-15/h5-9,11H,4H2,1-3H3,(H,18,20). The summed E-state index contributed by atoms with van der Waals surface area (Å²) >= 11 is 0. The fourth-order valence-corrected chi connectivity index (χ4v) is 2.24. The van der Waals surface area contributed by atoms with E-state index in [2.05, 4.69) is 10.3 Å². The molecule has 2 heterocycles. The summed E-state index contributed by atoms with van der Waals surface area (Å²) in [6.07, 6.45) is 0.882. The third-order valence-electron chi connectivity index (χ3n) is 3.67. The summed E-state index contributed by atoms with van der Waals surface area (Å²) in [6, 6.07) is 9.96. The van der Waals surface area contributed by atoms with E-state index in [4.69, 9.17) is 4.42 Å². The number of nitrogens with zero attached hydrogens (tertiary/aromatic N) is 1. The molecular formula is C17H18N2O2. The fourth-order valence-electron chi connectivity index (χ4n) is 2.24. The molecule has 3 aromatic rings. The summed E-state index contributed by atoms with van der Waals surface area (Å²) in [5, 5.41) is 4.79. The third-order valence-corrected chi connectivity index (χ3v) is 3.67. The lowest BCUT2D eigenvalue weighted by atomic mass is 10.1. The molecule has 0 fully saturated rings. The van der Waals surface area contributed by atoms with Crippen LogP contribution in [-0.4, -0.2) is 16.9 Å². The summed E-state index contributed by atoms with van der Waals surface area (Å²) in [5.41, 5.74) is 2.53. The van der Waals surface area contributed by atoms with Gasteiger partial charge in [0.2, 0.25) is 5.71 Å². The van der Waals surface area contributed by atoms with Gasteiger partial charge in [-0.3, -0.25) is 4.79 Å². The second-order valence-electron chi connectivity index (χ2n) is 5.47. The summed E-state index contributed by atoms with van der Waals surface area (Å²) in [6.45, 7) is 6.02. The number of nitrogens with one attached hydrogen (secondary N) is 1. The molecule has 0 aliphatic heterocycles. The summed E-state index contributed by atoms with van der Waals surface area (Å²) < 4.78 is 5.60. The zero-order valence-electron chi connectivity index (χ0n) is 12.4. The molecule has 4 nitrogen and oxygen atoms in total. The first-order valence-corrected chi connectivity index (χ1v) is 7.18. The highest BCUT2D eigenvalue weighted by atomic mass is 16.4. The van der Waals surface area contributed by atoms with E-state index in [1.165, 1.54) is 0 Å². The average molecular weight is 282 g/mol. The molecule has 0 spiro atoms. The molecule has 1 amide bonds. The van der Waals surface area contributed by atoms with Crippen LogP contribution in [0.15, 0.2) is 34.7 Å². The minimum Gasteiger partial charge on any atom is -0.433 e. The van der Waals surface area contributed by atoms with Crippen molar-refractivity contribution < 1.29 is 9.21 Å². The monoisotopic (exact) mass is 282 g/mol. The minimum atomic E-state index is -0.192. The van der Waals surface area contributed by atoms with E-state index in [0.717, 1.165) is 28.3 Å². The number of hydrogen-bond acceptors (Lipinski definition) is 3. The summed E-state index contributed by atoms with van der Waals surface area (Å²) in [5.74, 6) is 0.118. The van der Waals surface area contributed by atoms with E-state index in [-0.39, 0.29) is 11.9 Å². The average Bonchev–Trinajstić information content (AvgIpc) is 2.87. The topological polar surface area (TPSA) is 55.1 Å². The van der Waals surface area contributed by atoms with Gasteiger partial charge < -0.3 is 9.73 Å². The zero-order chi connectivity index (χ0) is 15.0. The Hall–Kier alpha value is -2.36. The lowest BCUT2D eigenvalue weighted by molar-refractivity contribution is 0.0913. The molecule has 108 valence electrons. The number of fused-ring (bicyclic) bond motifs is 2. The van der Waals surface area contributed by atoms with Crippen molar-refractivity contribution in [2.24, 2.45) is 0 Å². The molecular weight excluding hydrogens is 264 g/mol. The van der Waals surface area contributed by atoms with E-state index in [0.29, 0.717) is 11.5 Å². The van der Waals surface area contributed by atoms with Crippen molar-refractivity contribution in [3.63, 3.8) is 0 Å². The number of furan rings is 1. The maximum absolute atomic E-state index is 12.1. The molecule has 1 atom stereocenters. The molecule has 3 rings (SSSR count). The van der Waals surface area contributed by atoms with Crippen LogP contribution in [0.25, 0.3) is 22.0 Å². The minimum absolute atomic E-state index is 0.125. The number of rotatable bonds is 3. The number of benzene rings is 1. The summed E-state index contributed by atoms with van der Waals surface area (Å²) in [4.78, 5) is 16.6. The Morgan fingerprint density at radius 1 is 1.29 bits per heavy atom. The molecule has 0 bridgehead atoms. The lowest BCUT2D eigenvalue weighted by Gasteiger charge is -2.08. The zero-order valence-corrected chi connectivity index (χ0v) is 12.4. The number of amides is 1. The van der Waals surface area contributed by atoms with E-state index in [1.54, 1.807) is 6.07 Å². The first kappa shape index (κ1) is 13.6. The Morgan fingerprint density at radius 2 is 2.10 bits per heavy atom. The molecule has 0 saturated carbocycles. The van der Waals surface area contributed by atoms with Crippen molar-refractivity contribution in [1.29, 1.82) is 0 Å². The Labute approximate surface area is 123 Å². The predicted molar refractivity (Wildman–Crippen MR) is 83.5 cm³/mol. The largest absolute Gasteiger partial charge is 0.433 e. The van der Waals surface area contributed by atoms with Crippen LogP contribution in [0.4, 0.5) is 0 Å². The van der Waals surface area contributed by atoms with Gasteiger partial charge in [0, 0.05) is 16.8 Å². The van der Waals surface area contributed by atoms with Crippen LogP contribution < -0.4 is 5.32 Å². The highest BCUT2D eigenvalue weighted by molar-refractivity contribution is 5.98. The van der Waals surface area contributed by atoms with Crippen LogP contribution in [0.3, 0.4) is 0 Å². The molecule has 0 saturated heterocycles. The van der Waals surface area contributed by atoms with Gasteiger partial charge >= 0.3 is 0 Å². The van der Waals surface area contributed by atoms with Crippen molar-refractivity contribution in [2.75, 3.05) is 0 Å². The van der Waals surface area contributed by atoms with Gasteiger partial charge in [0.15, 0.2) is 5.76 Å². The Balaban J connectivity index is 2.03. The quantitative estimate of drug-likeness (QED) is 0.794. The van der Waals surface area contributed by atoms with E-state index in [1.807, 2.05) is 45.0 Å². The van der Waals surface area contributed by atoms with Gasteiger partial charge in [-0.15, -0.1) is 0 Å². The van der Waals surface area contributed by atoms with Crippen LogP contribution >= 0.6 is 0 Å². The number of aryl methyl sites for hydroxylation is 1. The molecule has 0 aliphatic carbocycles. The molecule has 1 unspecified atom stereocenters. The van der Waals surface area contributed by atoms with Crippen LogP contribution in [0, 0.1) is 6.92 Å². The molecule has 1 aromatic carbocycles. The Bertz CT molecular complexity index is 820. The third kappa shape index (κ3) is 2.61. The van der Waals surface area contributed by atoms with Crippen LogP contribution in [0.1, 0.15) is 36.4 Å². The molecule has 0 aliphatic rings. The first-order valence-electron chi connectivity index (χ1n) is 7.18. The molecule has 0 radical (unpaired) electrons. The number of pyridine rings is 1. The van der Waals surface area contributed by atoms with Crippen molar-refractivity contribution in [1.82, 2.24) is 10.3 Å². The molecule has 21 heavy (non-hydrogen) atoms. The van der Waals surface area contributed by atoms with E-state index in [9.17, 15) is 4.79 Å². The van der Waals surface area contributed by atoms with E-state index >= 15 is 0 Å². The number of carbonyl (C=O) groups excluding carboxylic acids is 1. The van der Waals surface area contributed by atoms with Gasteiger partial charge in [-0.2, -0.15) is 0 Å². The second-order valence-corrected chi connectivity index (χ2v) is 5.47. The maximum Gasteiger partial charge on any atom is 0.287 e. The maximum atomic E-state index is 12.1. The van der Waals surface area contributed by atoms with Crippen LogP contribution in [-0.2, 0) is 0 Å². The first-order chi connectivity index (χ1) is 10.1. The Kier molecular flexibility index (Phi) is 3.37. The number of aromatic nitrogens is 1. The molecule has 2 aromatic heterocycles. The second kappa shape index (κ2) is 5.20. The number of hydrogen-bond donors (Lipinski definition) is 1. The smallest absolute Gasteiger partial charge is 0.287 e. The normalized spacial score (nSPS) is 12.7. The highest BCUT2D eigenvalue weighted by Crippen LogP contribution is 2.23. The van der Waals surface area contributed by atoms with Crippen LogP contribution in [0.5, 0.6) is 0 Å². The van der Waals surface area contributed by atoms with E-state index < -0.39 is 0 Å². The number of carbonyl (C=O) groups is 1. The van der Waals surface area contributed by atoms with Crippen molar-refractivity contribution in [3.8, 4) is 0 Å². The summed E-state index contributed by atoms with van der Waals surface area (Å²) in [7, 11) is 0. The van der Waals surface area contributed by atoms with Gasteiger partial charge in [-0.1, -0.05) is 19.1 Å². The van der Waals surface area contributed by atoms with Gasteiger partial charge in [-0.05, 0) is 44.0 Å². The van der Waals surface area contributed by atoms with Gasteiger partial charge in [0.1, 0.15) is 0 Å². The molecule has 1 N–H and O–H groups in total. The lowest BCUT2D eigenvalue weighted by Crippen LogP contribution is -2.31. The predicted octanol–water partition coefficient (Wildman–Crippen LogP) is 3.82. The van der Waals surface area contributed by atoms with Gasteiger partial charge in [0.25, 0.3) is 5.91 Å². The van der Waals surface area contributed by atoms with Crippen molar-refractivity contribution in [3.05, 3.63) is 41.7 Å². The highest BCUT2D eigenvalue weighted by Gasteiger charge is 2.15. The van der Waals surface area contributed by atoms with Crippen LogP contribution in [0.2, 0.25) is 0 Å².